The van der Waals surface area contributed by atoms with Gasteiger partial charge in [-0.1, -0.05) is 12.8 Å². The maximum Gasteiger partial charge on any atom is 0.0917 e. The Morgan fingerprint density at radius 1 is 1.62 bits per heavy atom. The summed E-state index contributed by atoms with van der Waals surface area (Å²) < 4.78 is 5.29. The minimum atomic E-state index is -0.667. The van der Waals surface area contributed by atoms with Crippen LogP contribution in [-0.4, -0.2) is 23.9 Å². The molecule has 2 unspecified atom stereocenters. The molecule has 0 aliphatic heterocycles. The molecule has 0 bridgehead atoms. The number of hydrogen-bond donors (Lipinski definition) is 1. The SMILES string of the molecule is C#CCCC1(O)CCCCC1OC. The second-order valence-electron chi connectivity index (χ2n) is 3.78. The van der Waals surface area contributed by atoms with Crippen molar-refractivity contribution in [3.05, 3.63) is 0 Å². The number of methoxy groups -OCH3 is 1. The molecule has 74 valence electrons. The average molecular weight is 182 g/mol. The largest absolute Gasteiger partial charge is 0.387 e. The van der Waals surface area contributed by atoms with E-state index in [1.807, 2.05) is 0 Å². The third-order valence-corrected chi connectivity index (χ3v) is 2.91. The van der Waals surface area contributed by atoms with Gasteiger partial charge in [-0.15, -0.1) is 12.3 Å². The number of hydrogen-bond acceptors (Lipinski definition) is 2. The summed E-state index contributed by atoms with van der Waals surface area (Å²) in [5, 5.41) is 10.2. The van der Waals surface area contributed by atoms with Gasteiger partial charge in [0.05, 0.1) is 11.7 Å². The monoisotopic (exact) mass is 182 g/mol. The molecule has 1 N–H and O–H groups in total. The number of aliphatic hydroxyl groups is 1. The van der Waals surface area contributed by atoms with Crippen LogP contribution in [0.4, 0.5) is 0 Å². The van der Waals surface area contributed by atoms with Crippen LogP contribution in [0.1, 0.15) is 38.5 Å². The molecule has 0 heterocycles. The predicted molar refractivity (Wildman–Crippen MR) is 52.3 cm³/mol. The van der Waals surface area contributed by atoms with Crippen molar-refractivity contribution in [2.45, 2.75) is 50.2 Å². The van der Waals surface area contributed by atoms with Gasteiger partial charge in [0.15, 0.2) is 0 Å². The van der Waals surface area contributed by atoms with Gasteiger partial charge < -0.3 is 9.84 Å². The molecule has 0 radical (unpaired) electrons. The summed E-state index contributed by atoms with van der Waals surface area (Å²) in [4.78, 5) is 0. The Morgan fingerprint density at radius 3 is 3.00 bits per heavy atom. The van der Waals surface area contributed by atoms with Crippen LogP contribution in [0.5, 0.6) is 0 Å². The highest BCUT2D eigenvalue weighted by molar-refractivity contribution is 4.95. The van der Waals surface area contributed by atoms with E-state index in [9.17, 15) is 5.11 Å². The van der Waals surface area contributed by atoms with E-state index in [-0.39, 0.29) is 6.10 Å². The maximum absolute atomic E-state index is 10.2. The van der Waals surface area contributed by atoms with Crippen molar-refractivity contribution in [2.75, 3.05) is 7.11 Å². The quantitative estimate of drug-likeness (QED) is 0.673. The minimum Gasteiger partial charge on any atom is -0.387 e. The molecule has 0 amide bonds. The molecular formula is C11H18O2. The van der Waals surface area contributed by atoms with E-state index < -0.39 is 5.60 Å². The van der Waals surface area contributed by atoms with E-state index in [2.05, 4.69) is 5.92 Å². The van der Waals surface area contributed by atoms with E-state index >= 15 is 0 Å². The molecule has 1 aliphatic rings. The van der Waals surface area contributed by atoms with Crippen molar-refractivity contribution in [1.29, 1.82) is 0 Å². The lowest BCUT2D eigenvalue weighted by atomic mass is 9.79. The molecule has 0 aromatic rings. The van der Waals surface area contributed by atoms with Crippen LogP contribution < -0.4 is 0 Å². The zero-order valence-corrected chi connectivity index (χ0v) is 8.25. The van der Waals surface area contributed by atoms with Gasteiger partial charge in [-0.25, -0.2) is 0 Å². The predicted octanol–water partition coefficient (Wildman–Crippen LogP) is 1.72. The van der Waals surface area contributed by atoms with Gasteiger partial charge >= 0.3 is 0 Å². The van der Waals surface area contributed by atoms with Gasteiger partial charge in [-0.05, 0) is 19.3 Å². The first kappa shape index (κ1) is 10.6. The number of ether oxygens (including phenoxy) is 1. The highest BCUT2D eigenvalue weighted by Gasteiger charge is 2.38. The van der Waals surface area contributed by atoms with E-state index in [1.165, 1.54) is 0 Å². The Morgan fingerprint density at radius 2 is 2.38 bits per heavy atom. The minimum absolute atomic E-state index is 0.0189. The highest BCUT2D eigenvalue weighted by atomic mass is 16.5. The lowest BCUT2D eigenvalue weighted by Gasteiger charge is -2.38. The second kappa shape index (κ2) is 4.64. The lowest BCUT2D eigenvalue weighted by Crippen LogP contribution is -2.45. The fourth-order valence-electron chi connectivity index (χ4n) is 2.10. The molecule has 2 nitrogen and oxygen atoms in total. The maximum atomic E-state index is 10.2. The molecular weight excluding hydrogens is 164 g/mol. The van der Waals surface area contributed by atoms with Crippen LogP contribution in [0, 0.1) is 12.3 Å². The Bertz CT molecular complexity index is 195. The average Bonchev–Trinajstić information content (AvgIpc) is 2.16. The summed E-state index contributed by atoms with van der Waals surface area (Å²) in [6, 6.07) is 0. The zero-order valence-electron chi connectivity index (χ0n) is 8.25. The molecule has 2 heteroatoms. The van der Waals surface area contributed by atoms with Crippen molar-refractivity contribution < 1.29 is 9.84 Å². The van der Waals surface area contributed by atoms with E-state index in [4.69, 9.17) is 11.2 Å². The molecule has 0 saturated heterocycles. The molecule has 1 rings (SSSR count). The number of terminal acetylenes is 1. The smallest absolute Gasteiger partial charge is 0.0917 e. The summed E-state index contributed by atoms with van der Waals surface area (Å²) >= 11 is 0. The fourth-order valence-corrected chi connectivity index (χ4v) is 2.10. The van der Waals surface area contributed by atoms with Gasteiger partial charge in [0.25, 0.3) is 0 Å². The van der Waals surface area contributed by atoms with Crippen LogP contribution >= 0.6 is 0 Å². The molecule has 1 aliphatic carbocycles. The lowest BCUT2D eigenvalue weighted by molar-refractivity contribution is -0.120. The topological polar surface area (TPSA) is 29.5 Å². The normalized spacial score (nSPS) is 34.1. The molecule has 0 spiro atoms. The first-order valence-electron chi connectivity index (χ1n) is 4.91. The molecule has 2 atom stereocenters. The van der Waals surface area contributed by atoms with Crippen molar-refractivity contribution in [1.82, 2.24) is 0 Å². The summed E-state index contributed by atoms with van der Waals surface area (Å²) in [7, 11) is 1.66. The Labute approximate surface area is 80.3 Å². The molecule has 13 heavy (non-hydrogen) atoms. The Balaban J connectivity index is 2.55. The van der Waals surface area contributed by atoms with Gasteiger partial charge in [-0.3, -0.25) is 0 Å². The van der Waals surface area contributed by atoms with Gasteiger partial charge in [0, 0.05) is 13.5 Å². The molecule has 1 saturated carbocycles. The summed E-state index contributed by atoms with van der Waals surface area (Å²) in [6.45, 7) is 0. The standard InChI is InChI=1S/C11H18O2/c1-3-4-8-11(12)9-6-5-7-10(11)13-2/h1,10,12H,4-9H2,2H3. The third kappa shape index (κ3) is 2.46. The molecule has 0 aromatic carbocycles. The van der Waals surface area contributed by atoms with E-state index in [0.717, 1.165) is 25.7 Å². The Kier molecular flexibility index (Phi) is 3.77. The highest BCUT2D eigenvalue weighted by Crippen LogP contribution is 2.33. The van der Waals surface area contributed by atoms with Gasteiger partial charge in [-0.2, -0.15) is 0 Å². The summed E-state index contributed by atoms with van der Waals surface area (Å²) in [5.74, 6) is 2.57. The summed E-state index contributed by atoms with van der Waals surface area (Å²) in [5.41, 5.74) is -0.667. The third-order valence-electron chi connectivity index (χ3n) is 2.91. The van der Waals surface area contributed by atoms with Crippen molar-refractivity contribution >= 4 is 0 Å². The number of rotatable bonds is 3. The summed E-state index contributed by atoms with van der Waals surface area (Å²) in [6.07, 6.45) is 10.5. The second-order valence-corrected chi connectivity index (χ2v) is 3.78. The molecule has 0 aromatic heterocycles. The van der Waals surface area contributed by atoms with Crippen molar-refractivity contribution in [3.63, 3.8) is 0 Å². The van der Waals surface area contributed by atoms with Crippen LogP contribution in [0.25, 0.3) is 0 Å². The van der Waals surface area contributed by atoms with Crippen LogP contribution in [-0.2, 0) is 4.74 Å². The van der Waals surface area contributed by atoms with E-state index in [1.54, 1.807) is 7.11 Å². The first-order chi connectivity index (χ1) is 6.23. The zero-order chi connectivity index (χ0) is 9.73. The van der Waals surface area contributed by atoms with Crippen molar-refractivity contribution in [2.24, 2.45) is 0 Å². The van der Waals surface area contributed by atoms with Gasteiger partial charge in [0.2, 0.25) is 0 Å². The van der Waals surface area contributed by atoms with Gasteiger partial charge in [0.1, 0.15) is 0 Å². The first-order valence-corrected chi connectivity index (χ1v) is 4.91. The van der Waals surface area contributed by atoms with Crippen molar-refractivity contribution in [3.8, 4) is 12.3 Å². The Hall–Kier alpha value is -0.520. The fraction of sp³-hybridized carbons (Fsp3) is 0.818. The van der Waals surface area contributed by atoms with Crippen LogP contribution in [0.2, 0.25) is 0 Å². The molecule has 1 fully saturated rings. The van der Waals surface area contributed by atoms with E-state index in [0.29, 0.717) is 12.8 Å². The van der Waals surface area contributed by atoms with Crippen LogP contribution in [0.15, 0.2) is 0 Å². The van der Waals surface area contributed by atoms with Crippen LogP contribution in [0.3, 0.4) is 0 Å².